The molecule has 0 saturated heterocycles. The first-order chi connectivity index (χ1) is 8.03. The summed E-state index contributed by atoms with van der Waals surface area (Å²) >= 11 is 0. The molecule has 0 amide bonds. The molecule has 1 aromatic rings. The summed E-state index contributed by atoms with van der Waals surface area (Å²) in [5, 5.41) is 10.5. The minimum Gasteiger partial charge on any atom is -0.398 e. The summed E-state index contributed by atoms with van der Waals surface area (Å²) in [6, 6.07) is 2.70. The Labute approximate surface area is 103 Å². The number of hydrogen-bond acceptors (Lipinski definition) is 7. The zero-order chi connectivity index (χ0) is 14.1. The lowest BCUT2D eigenvalue weighted by Crippen LogP contribution is -2.30. The third kappa shape index (κ3) is 3.38. The molecule has 0 aliphatic heterocycles. The second-order valence-corrected chi connectivity index (χ2v) is 7.00. The van der Waals surface area contributed by atoms with Gasteiger partial charge < -0.3 is 5.73 Å². The van der Waals surface area contributed by atoms with E-state index in [1.54, 1.807) is 0 Å². The maximum absolute atomic E-state index is 11.7. The highest BCUT2D eigenvalue weighted by molar-refractivity contribution is 8.04. The molecule has 18 heavy (non-hydrogen) atoms. The van der Waals surface area contributed by atoms with Gasteiger partial charge in [0.2, 0.25) is 10.0 Å². The van der Waals surface area contributed by atoms with E-state index in [0.717, 1.165) is 12.1 Å². The molecule has 0 aromatic heterocycles. The Balaban J connectivity index is 3.41. The van der Waals surface area contributed by atoms with Crippen molar-refractivity contribution in [3.05, 3.63) is 28.3 Å². The van der Waals surface area contributed by atoms with Gasteiger partial charge in [-0.3, -0.25) is 10.1 Å². The number of nitrogens with zero attached hydrogens (tertiary/aromatic N) is 1. The van der Waals surface area contributed by atoms with E-state index in [-0.39, 0.29) is 5.69 Å². The average Bonchev–Trinajstić information content (AvgIpc) is 2.13. The normalized spacial score (nSPS) is 12.3. The van der Waals surface area contributed by atoms with Crippen molar-refractivity contribution in [3.8, 4) is 0 Å². The van der Waals surface area contributed by atoms with Crippen LogP contribution in [0, 0.1) is 10.1 Å². The van der Waals surface area contributed by atoms with Crippen molar-refractivity contribution in [2.24, 2.45) is 0 Å². The molecule has 0 radical (unpaired) electrons. The van der Waals surface area contributed by atoms with Gasteiger partial charge in [-0.1, -0.05) is 0 Å². The van der Waals surface area contributed by atoms with Gasteiger partial charge in [0.25, 0.3) is 15.7 Å². The van der Waals surface area contributed by atoms with Gasteiger partial charge in [-0.05, 0) is 6.07 Å². The van der Waals surface area contributed by atoms with Gasteiger partial charge in [-0.15, -0.1) is 4.13 Å². The van der Waals surface area contributed by atoms with E-state index in [1.165, 1.54) is 4.13 Å². The summed E-state index contributed by atoms with van der Waals surface area (Å²) in [5.74, 6) is 0. The fourth-order valence-corrected chi connectivity index (χ4v) is 3.72. The Morgan fingerprint density at radius 2 is 1.83 bits per heavy atom. The van der Waals surface area contributed by atoms with Crippen LogP contribution in [-0.4, -0.2) is 28.0 Å². The molecule has 0 bridgehead atoms. The van der Waals surface area contributed by atoms with E-state index in [2.05, 4.69) is 0 Å². The van der Waals surface area contributed by atoms with Crippen molar-refractivity contribution in [3.63, 3.8) is 0 Å². The quantitative estimate of drug-likeness (QED) is 0.428. The monoisotopic (exact) mass is 295 g/mol. The van der Waals surface area contributed by atoms with Gasteiger partial charge in [-0.25, -0.2) is 16.8 Å². The van der Waals surface area contributed by atoms with E-state index in [4.69, 9.17) is 5.73 Å². The third-order valence-electron chi connectivity index (χ3n) is 1.76. The number of nitrogens with two attached hydrogens (primary N) is 1. The van der Waals surface area contributed by atoms with E-state index < -0.39 is 35.6 Å². The van der Waals surface area contributed by atoms with E-state index >= 15 is 0 Å². The lowest BCUT2D eigenvalue weighted by molar-refractivity contribution is -0.385. The highest BCUT2D eigenvalue weighted by Crippen LogP contribution is 2.23. The summed E-state index contributed by atoms with van der Waals surface area (Å²) in [5.41, 5.74) is 4.55. The molecule has 0 unspecified atom stereocenters. The maximum atomic E-state index is 11.7. The molecule has 100 valence electrons. The largest absolute Gasteiger partial charge is 0.398 e. The minimum atomic E-state index is -4.47. The highest BCUT2D eigenvalue weighted by Gasteiger charge is 2.24. The first-order valence-corrected chi connectivity index (χ1v) is 7.68. The van der Waals surface area contributed by atoms with Crippen molar-refractivity contribution >= 4 is 31.4 Å². The van der Waals surface area contributed by atoms with Crippen LogP contribution in [0.25, 0.3) is 0 Å². The van der Waals surface area contributed by atoms with E-state index in [1.807, 2.05) is 0 Å². The Hall–Kier alpha value is -1.72. The molecule has 9 nitrogen and oxygen atoms in total. The van der Waals surface area contributed by atoms with Gasteiger partial charge in [-0.2, -0.15) is 0 Å². The molecule has 1 rings (SSSR count). The number of nitrogens with one attached hydrogen (secondary N) is 1. The summed E-state index contributed by atoms with van der Waals surface area (Å²) in [4.78, 5) is 9.02. The average molecular weight is 295 g/mol. The SMILES string of the molecule is CS(=O)(=O)NS(=O)(=O)c1cc([N+](=O)[O-])ccc1N. The Kier molecular flexibility index (Phi) is 3.59. The van der Waals surface area contributed by atoms with Gasteiger partial charge in [0, 0.05) is 12.1 Å². The molecule has 0 atom stereocenters. The number of nitrogen functional groups attached to an aromatic ring is 1. The standard InChI is InChI=1S/C7H9N3O6S2/c1-17(13,14)9-18(15,16)7-4-5(10(11)12)2-3-6(7)8/h2-4,9H,8H2,1H3. The number of sulfonamides is 2. The molecule has 0 aliphatic carbocycles. The van der Waals surface area contributed by atoms with Crippen LogP contribution >= 0.6 is 0 Å². The van der Waals surface area contributed by atoms with Gasteiger partial charge >= 0.3 is 0 Å². The van der Waals surface area contributed by atoms with Crippen LogP contribution in [-0.2, 0) is 20.0 Å². The van der Waals surface area contributed by atoms with Crippen LogP contribution in [0.5, 0.6) is 0 Å². The minimum absolute atomic E-state index is 0.295. The predicted molar refractivity (Wildman–Crippen MR) is 62.7 cm³/mol. The van der Waals surface area contributed by atoms with Crippen LogP contribution in [0.3, 0.4) is 0 Å². The molecular formula is C7H9N3O6S2. The lowest BCUT2D eigenvalue weighted by Gasteiger charge is -2.07. The van der Waals surface area contributed by atoms with Crippen molar-refractivity contribution in [1.29, 1.82) is 0 Å². The van der Waals surface area contributed by atoms with Crippen molar-refractivity contribution in [2.75, 3.05) is 12.0 Å². The Morgan fingerprint density at radius 3 is 2.28 bits per heavy atom. The number of rotatable bonds is 4. The Morgan fingerprint density at radius 1 is 1.28 bits per heavy atom. The summed E-state index contributed by atoms with van der Waals surface area (Å²) in [7, 11) is -8.52. The predicted octanol–water partition coefficient (Wildman–Crippen LogP) is -0.585. The number of benzene rings is 1. The van der Waals surface area contributed by atoms with E-state index in [0.29, 0.717) is 12.3 Å². The number of hydrogen-bond donors (Lipinski definition) is 2. The highest BCUT2D eigenvalue weighted by atomic mass is 32.3. The van der Waals surface area contributed by atoms with E-state index in [9.17, 15) is 26.9 Å². The second kappa shape index (κ2) is 4.51. The number of nitro groups is 1. The summed E-state index contributed by atoms with van der Waals surface area (Å²) in [6.45, 7) is 0. The molecule has 3 N–H and O–H groups in total. The zero-order valence-electron chi connectivity index (χ0n) is 9.02. The molecule has 0 aliphatic rings. The van der Waals surface area contributed by atoms with Crippen LogP contribution < -0.4 is 9.86 Å². The fourth-order valence-electron chi connectivity index (χ4n) is 1.11. The van der Waals surface area contributed by atoms with Gasteiger partial charge in [0.05, 0.1) is 16.9 Å². The molecule has 1 aromatic carbocycles. The molecular weight excluding hydrogens is 286 g/mol. The van der Waals surface area contributed by atoms with Crippen LogP contribution in [0.1, 0.15) is 0 Å². The van der Waals surface area contributed by atoms with Crippen LogP contribution in [0.15, 0.2) is 23.1 Å². The number of anilines is 1. The molecule has 0 heterocycles. The molecule has 0 fully saturated rings. The van der Waals surface area contributed by atoms with Crippen LogP contribution in [0.2, 0.25) is 0 Å². The summed E-state index contributed by atoms with van der Waals surface area (Å²) in [6.07, 6.45) is 0.637. The third-order valence-corrected chi connectivity index (χ3v) is 4.78. The zero-order valence-corrected chi connectivity index (χ0v) is 10.7. The Bertz CT molecular complexity index is 694. The maximum Gasteiger partial charge on any atom is 0.270 e. The van der Waals surface area contributed by atoms with Gasteiger partial charge in [0.1, 0.15) is 4.90 Å². The fraction of sp³-hybridized carbons (Fsp3) is 0.143. The van der Waals surface area contributed by atoms with Crippen molar-refractivity contribution < 1.29 is 21.8 Å². The first kappa shape index (κ1) is 14.3. The summed E-state index contributed by atoms with van der Waals surface area (Å²) < 4.78 is 46.4. The lowest BCUT2D eigenvalue weighted by atomic mass is 10.3. The molecule has 0 saturated carbocycles. The molecule has 11 heteroatoms. The smallest absolute Gasteiger partial charge is 0.270 e. The number of nitro benzene ring substituents is 1. The molecule has 0 spiro atoms. The number of non-ortho nitro benzene ring substituents is 1. The first-order valence-electron chi connectivity index (χ1n) is 4.30. The van der Waals surface area contributed by atoms with Crippen molar-refractivity contribution in [2.45, 2.75) is 4.90 Å². The van der Waals surface area contributed by atoms with Crippen molar-refractivity contribution in [1.82, 2.24) is 4.13 Å². The van der Waals surface area contributed by atoms with Crippen LogP contribution in [0.4, 0.5) is 11.4 Å². The van der Waals surface area contributed by atoms with Gasteiger partial charge in [0.15, 0.2) is 0 Å². The second-order valence-electron chi connectivity index (χ2n) is 3.34. The topological polar surface area (TPSA) is 149 Å².